The van der Waals surface area contributed by atoms with Crippen molar-refractivity contribution < 1.29 is 124 Å². The van der Waals surface area contributed by atoms with E-state index in [1.807, 2.05) is 0 Å². The normalized spacial score (nSPS) is 49.6. The Balaban J connectivity index is 1.34. The van der Waals surface area contributed by atoms with Crippen LogP contribution in [0.1, 0.15) is 20.8 Å². The van der Waals surface area contributed by atoms with Gasteiger partial charge in [0.2, 0.25) is 11.8 Å². The smallest absolute Gasteiger partial charge is 0.217 e. The highest BCUT2D eigenvalue weighted by atomic mass is 16.8. The van der Waals surface area contributed by atoms with E-state index in [0.29, 0.717) is 0 Å². The molecule has 2 amide bonds. The quantitative estimate of drug-likeness (QED) is 0.0770. The first-order valence-corrected chi connectivity index (χ1v) is 19.4. The summed E-state index contributed by atoms with van der Waals surface area (Å²) in [4.78, 5) is 24.4. The molecule has 27 nitrogen and oxygen atoms in total. The lowest BCUT2D eigenvalue weighted by Gasteiger charge is -2.49. The summed E-state index contributed by atoms with van der Waals surface area (Å²) in [6.45, 7) is 0.0649. The maximum atomic E-state index is 12.4. The molecule has 0 aromatic heterocycles. The molecule has 5 saturated heterocycles. The summed E-state index contributed by atoms with van der Waals surface area (Å²) < 4.78 is 51.1. The van der Waals surface area contributed by atoms with Gasteiger partial charge in [-0.1, -0.05) is 0 Å². The van der Waals surface area contributed by atoms with Gasteiger partial charge in [-0.3, -0.25) is 9.59 Å². The highest BCUT2D eigenvalue weighted by Gasteiger charge is 2.56. The lowest BCUT2D eigenvalue weighted by Crippen LogP contribution is -2.69. The molecule has 61 heavy (non-hydrogen) atoms. The highest BCUT2D eigenvalue weighted by molar-refractivity contribution is 5.73. The van der Waals surface area contributed by atoms with Gasteiger partial charge >= 0.3 is 0 Å². The molecular weight excluding hydrogens is 836 g/mol. The van der Waals surface area contributed by atoms with Crippen LogP contribution >= 0.6 is 0 Å². The zero-order valence-corrected chi connectivity index (χ0v) is 33.0. The van der Waals surface area contributed by atoms with Crippen LogP contribution < -0.4 is 10.6 Å². The Morgan fingerprint density at radius 3 is 1.51 bits per heavy atom. The van der Waals surface area contributed by atoms with Gasteiger partial charge in [-0.05, 0) is 6.92 Å². The van der Waals surface area contributed by atoms with Crippen molar-refractivity contribution in [2.75, 3.05) is 26.4 Å². The number of ether oxygens (including phenoxy) is 9. The van der Waals surface area contributed by atoms with Crippen LogP contribution in [-0.4, -0.2) is 263 Å². The summed E-state index contributed by atoms with van der Waals surface area (Å²) in [5.74, 6) is -1.49. The molecule has 5 fully saturated rings. The van der Waals surface area contributed by atoms with Gasteiger partial charge in [0, 0.05) is 13.8 Å². The van der Waals surface area contributed by atoms with Crippen LogP contribution in [0.2, 0.25) is 0 Å². The first-order chi connectivity index (χ1) is 28.7. The molecule has 4 unspecified atom stereocenters. The summed E-state index contributed by atoms with van der Waals surface area (Å²) in [7, 11) is 0. The Hall–Kier alpha value is -1.98. The number of carbonyl (C=O) groups excluding carboxylic acids is 2. The van der Waals surface area contributed by atoms with E-state index in [0.717, 1.165) is 13.8 Å². The van der Waals surface area contributed by atoms with E-state index in [1.54, 1.807) is 0 Å². The van der Waals surface area contributed by atoms with Crippen molar-refractivity contribution in [2.45, 2.75) is 174 Å². The fourth-order valence-corrected chi connectivity index (χ4v) is 7.66. The average Bonchev–Trinajstić information content (AvgIpc) is 3.21. The van der Waals surface area contributed by atoms with Crippen molar-refractivity contribution in [2.24, 2.45) is 0 Å². The first kappa shape index (κ1) is 50.0. The Bertz CT molecular complexity index is 1420. The molecule has 25 atom stereocenters. The maximum Gasteiger partial charge on any atom is 0.217 e. The molecule has 0 bridgehead atoms. The number of rotatable bonds is 14. The zero-order valence-electron chi connectivity index (χ0n) is 33.0. The molecule has 27 heteroatoms. The van der Waals surface area contributed by atoms with Gasteiger partial charge in [0.15, 0.2) is 31.5 Å². The molecule has 5 aliphatic rings. The second kappa shape index (κ2) is 21.3. The van der Waals surface area contributed by atoms with Gasteiger partial charge in [0.05, 0.1) is 32.5 Å². The van der Waals surface area contributed by atoms with E-state index >= 15 is 0 Å². The number of hydrogen-bond acceptors (Lipinski definition) is 25. The van der Waals surface area contributed by atoms with Gasteiger partial charge in [-0.2, -0.15) is 0 Å². The predicted octanol–water partition coefficient (Wildman–Crippen LogP) is -10.6. The molecule has 0 aliphatic carbocycles. The molecule has 5 heterocycles. The standard InChI is InChI=1S/C34H58N2O25/c1-8-17(42)22(47)25(50)32(54-8)61-29-24(49)19(44)12(5-38)57-34(29)59-27-13(6-39)58-31(15(21(27)46)35-9(2)40)53-7-14-20(45)28(16(30(52)55-14)36-10(3)41)60-33-26(51)23(48)18(43)11(4-37)56-33/h8,11-34,37-39,42-52H,4-7H2,1-3H3,(H,35,40)(H,36,41)/t8-,11+,12+,13+,14+,15+,16+,17+,18-,19-,20-,21+,22+,23-,24-,25-,26+,27+,28+,29+,30-,31?,32?,33?,34?/m0/s1. The van der Waals surface area contributed by atoms with Crippen LogP contribution in [-0.2, 0) is 52.2 Å². The second-order valence-electron chi connectivity index (χ2n) is 15.4. The zero-order chi connectivity index (χ0) is 45.2. The van der Waals surface area contributed by atoms with E-state index in [1.165, 1.54) is 6.92 Å². The molecule has 5 aliphatic heterocycles. The van der Waals surface area contributed by atoms with E-state index in [9.17, 15) is 81.1 Å². The van der Waals surface area contributed by atoms with E-state index in [2.05, 4.69) is 10.6 Å². The summed E-state index contributed by atoms with van der Waals surface area (Å²) in [6, 6.07) is -3.15. The Morgan fingerprint density at radius 1 is 0.459 bits per heavy atom. The summed E-state index contributed by atoms with van der Waals surface area (Å²) in [5, 5.41) is 152. The largest absolute Gasteiger partial charge is 0.394 e. The Labute approximate surface area is 346 Å². The van der Waals surface area contributed by atoms with Gasteiger partial charge in [0.25, 0.3) is 0 Å². The first-order valence-electron chi connectivity index (χ1n) is 19.4. The number of carbonyl (C=O) groups is 2. The summed E-state index contributed by atoms with van der Waals surface area (Å²) >= 11 is 0. The van der Waals surface area contributed by atoms with Crippen molar-refractivity contribution in [3.63, 3.8) is 0 Å². The van der Waals surface area contributed by atoms with Crippen LogP contribution in [0.3, 0.4) is 0 Å². The highest BCUT2D eigenvalue weighted by Crippen LogP contribution is 2.34. The fourth-order valence-electron chi connectivity index (χ4n) is 7.66. The Morgan fingerprint density at radius 2 is 0.934 bits per heavy atom. The van der Waals surface area contributed by atoms with Gasteiger partial charge < -0.3 is 125 Å². The van der Waals surface area contributed by atoms with Crippen molar-refractivity contribution >= 4 is 11.8 Å². The minimum atomic E-state index is -1.96. The van der Waals surface area contributed by atoms with E-state index in [4.69, 9.17) is 42.6 Å². The van der Waals surface area contributed by atoms with E-state index in [-0.39, 0.29) is 0 Å². The van der Waals surface area contributed by atoms with Crippen LogP contribution in [0.25, 0.3) is 0 Å². The third-order valence-electron chi connectivity index (χ3n) is 11.1. The van der Waals surface area contributed by atoms with Crippen LogP contribution in [0, 0.1) is 0 Å². The third kappa shape index (κ3) is 10.9. The van der Waals surface area contributed by atoms with Crippen molar-refractivity contribution in [1.29, 1.82) is 0 Å². The van der Waals surface area contributed by atoms with Crippen molar-refractivity contribution in [3.05, 3.63) is 0 Å². The maximum absolute atomic E-state index is 12.4. The number of aliphatic hydroxyl groups is 14. The predicted molar refractivity (Wildman–Crippen MR) is 188 cm³/mol. The van der Waals surface area contributed by atoms with Gasteiger partial charge in [-0.15, -0.1) is 0 Å². The molecule has 0 radical (unpaired) electrons. The molecule has 16 N–H and O–H groups in total. The lowest BCUT2D eigenvalue weighted by molar-refractivity contribution is -0.383. The molecule has 5 rings (SSSR count). The second-order valence-corrected chi connectivity index (χ2v) is 15.4. The molecule has 0 saturated carbocycles. The number of hydrogen-bond donors (Lipinski definition) is 16. The van der Waals surface area contributed by atoms with Crippen molar-refractivity contribution in [3.8, 4) is 0 Å². The fraction of sp³-hybridized carbons (Fsp3) is 0.941. The SMILES string of the molecule is CC(=O)N[C@@H]1[C@@H](OC2O[C@H](CO)[C@H](O)[C@H](O)[C@H]2O)[C@@H](O)[C@@H](COC2O[C@H](CO)[C@@H](OC3O[C@H](CO)[C@H](O)[C@H](O)[C@H]3OC3O[C@@H](C)[C@@H](O)[C@@H](O)[C@@H]3O)[C@H](O)[C@H]2NC(C)=O)O[C@@H]1O. The average molecular weight is 895 g/mol. The molecule has 0 aromatic carbocycles. The topological polar surface area (TPSA) is 424 Å². The third-order valence-corrected chi connectivity index (χ3v) is 11.1. The molecular formula is C34H58N2O25. The molecule has 0 spiro atoms. The summed E-state index contributed by atoms with van der Waals surface area (Å²) in [6.07, 6.45) is -40.1. The summed E-state index contributed by atoms with van der Waals surface area (Å²) in [5.41, 5.74) is 0. The van der Waals surface area contributed by atoms with Crippen molar-refractivity contribution in [1.82, 2.24) is 10.6 Å². The molecule has 354 valence electrons. The van der Waals surface area contributed by atoms with Crippen LogP contribution in [0.4, 0.5) is 0 Å². The minimum Gasteiger partial charge on any atom is -0.394 e. The van der Waals surface area contributed by atoms with Crippen LogP contribution in [0.5, 0.6) is 0 Å². The number of aliphatic hydroxyl groups excluding tert-OH is 14. The lowest BCUT2D eigenvalue weighted by atomic mass is 9.94. The number of nitrogens with one attached hydrogen (secondary N) is 2. The molecule has 0 aromatic rings. The van der Waals surface area contributed by atoms with Gasteiger partial charge in [-0.25, -0.2) is 0 Å². The van der Waals surface area contributed by atoms with Crippen LogP contribution in [0.15, 0.2) is 0 Å². The van der Waals surface area contributed by atoms with Gasteiger partial charge in [0.1, 0.15) is 116 Å². The number of amides is 2. The minimum absolute atomic E-state index is 0.728. The Kier molecular flexibility index (Phi) is 17.5. The van der Waals surface area contributed by atoms with E-state index < -0.39 is 192 Å². The monoisotopic (exact) mass is 894 g/mol.